The van der Waals surface area contributed by atoms with Gasteiger partial charge in [0.15, 0.2) is 21.3 Å². The van der Waals surface area contributed by atoms with Gasteiger partial charge in [0.1, 0.15) is 0 Å². The highest BCUT2D eigenvalue weighted by molar-refractivity contribution is 7.91. The normalized spacial score (nSPS) is 17.5. The van der Waals surface area contributed by atoms with E-state index >= 15 is 0 Å². The molecule has 0 aromatic heterocycles. The number of anilines is 1. The van der Waals surface area contributed by atoms with Crippen LogP contribution >= 0.6 is 0 Å². The highest BCUT2D eigenvalue weighted by atomic mass is 32.2. The van der Waals surface area contributed by atoms with Gasteiger partial charge in [-0.25, -0.2) is 8.42 Å². The van der Waals surface area contributed by atoms with Crippen LogP contribution in [0.1, 0.15) is 0 Å². The third-order valence-corrected chi connectivity index (χ3v) is 6.57. The van der Waals surface area contributed by atoms with E-state index in [9.17, 15) is 8.42 Å². The SMILES string of the molecule is O=S(=O)(CCN1CCN(c2ccccc2)CC1)c1ccc2c(c1)OCO2. The van der Waals surface area contributed by atoms with Crippen LogP contribution < -0.4 is 14.4 Å². The third-order valence-electron chi connectivity index (χ3n) is 4.87. The van der Waals surface area contributed by atoms with Crippen molar-refractivity contribution < 1.29 is 17.9 Å². The Morgan fingerprint density at radius 1 is 0.885 bits per heavy atom. The van der Waals surface area contributed by atoms with E-state index in [4.69, 9.17) is 9.47 Å². The molecule has 2 aromatic rings. The van der Waals surface area contributed by atoms with E-state index in [1.807, 2.05) is 18.2 Å². The van der Waals surface area contributed by atoms with Crippen LogP contribution in [0, 0.1) is 0 Å². The molecule has 0 unspecified atom stereocenters. The number of ether oxygens (including phenoxy) is 2. The summed E-state index contributed by atoms with van der Waals surface area (Å²) >= 11 is 0. The molecule has 6 nitrogen and oxygen atoms in total. The Bertz CT molecular complexity index is 862. The predicted molar refractivity (Wildman–Crippen MR) is 99.7 cm³/mol. The van der Waals surface area contributed by atoms with Crippen LogP contribution in [0.2, 0.25) is 0 Å². The Balaban J connectivity index is 1.33. The summed E-state index contributed by atoms with van der Waals surface area (Å²) in [4.78, 5) is 4.84. The first-order valence-corrected chi connectivity index (χ1v) is 10.4. The van der Waals surface area contributed by atoms with Gasteiger partial charge in [-0.15, -0.1) is 0 Å². The second-order valence-corrected chi connectivity index (χ2v) is 8.61. The molecule has 4 rings (SSSR count). The number of hydrogen-bond donors (Lipinski definition) is 0. The fraction of sp³-hybridized carbons (Fsp3) is 0.368. The molecule has 1 saturated heterocycles. The molecule has 1 fully saturated rings. The number of piperazine rings is 1. The summed E-state index contributed by atoms with van der Waals surface area (Å²) in [7, 11) is -3.34. The zero-order valence-corrected chi connectivity index (χ0v) is 15.3. The molecule has 138 valence electrons. The van der Waals surface area contributed by atoms with Gasteiger partial charge in [0, 0.05) is 44.5 Å². The molecule has 0 radical (unpaired) electrons. The zero-order chi connectivity index (χ0) is 18.0. The summed E-state index contributed by atoms with van der Waals surface area (Å²) in [6.07, 6.45) is 0. The van der Waals surface area contributed by atoms with Crippen LogP contribution in [-0.2, 0) is 9.84 Å². The summed E-state index contributed by atoms with van der Waals surface area (Å²) in [5.74, 6) is 1.21. The number of para-hydroxylation sites is 1. The van der Waals surface area contributed by atoms with Gasteiger partial charge in [-0.05, 0) is 24.3 Å². The molecule has 2 aliphatic heterocycles. The van der Waals surface area contributed by atoms with Crippen LogP contribution in [0.5, 0.6) is 11.5 Å². The van der Waals surface area contributed by atoms with Gasteiger partial charge in [0.25, 0.3) is 0 Å². The largest absolute Gasteiger partial charge is 0.454 e. The van der Waals surface area contributed by atoms with E-state index in [0.29, 0.717) is 22.9 Å². The lowest BCUT2D eigenvalue weighted by molar-refractivity contribution is 0.174. The van der Waals surface area contributed by atoms with Crippen molar-refractivity contribution in [3.63, 3.8) is 0 Å². The number of nitrogens with zero attached hydrogens (tertiary/aromatic N) is 2. The number of hydrogen-bond acceptors (Lipinski definition) is 6. The fourth-order valence-electron chi connectivity index (χ4n) is 3.31. The van der Waals surface area contributed by atoms with Crippen molar-refractivity contribution in [3.8, 4) is 11.5 Å². The highest BCUT2D eigenvalue weighted by Crippen LogP contribution is 2.34. The van der Waals surface area contributed by atoms with Gasteiger partial charge >= 0.3 is 0 Å². The summed E-state index contributed by atoms with van der Waals surface area (Å²) in [6.45, 7) is 4.24. The van der Waals surface area contributed by atoms with Crippen LogP contribution in [-0.4, -0.2) is 58.6 Å². The van der Waals surface area contributed by atoms with E-state index < -0.39 is 9.84 Å². The van der Waals surface area contributed by atoms with Crippen LogP contribution in [0.3, 0.4) is 0 Å². The standard InChI is InChI=1S/C19H22N2O4S/c22-26(23,17-6-7-18-19(14-17)25-15-24-18)13-12-20-8-10-21(11-9-20)16-4-2-1-3-5-16/h1-7,14H,8-13,15H2. The monoisotopic (exact) mass is 374 g/mol. The molecule has 0 atom stereocenters. The second-order valence-electron chi connectivity index (χ2n) is 6.50. The summed E-state index contributed by atoms with van der Waals surface area (Å²) in [5.41, 5.74) is 1.22. The van der Waals surface area contributed by atoms with E-state index in [2.05, 4.69) is 21.9 Å². The van der Waals surface area contributed by atoms with E-state index in [1.54, 1.807) is 18.2 Å². The average molecular weight is 374 g/mol. The number of benzene rings is 2. The predicted octanol–water partition coefficient (Wildman–Crippen LogP) is 2.01. The smallest absolute Gasteiger partial charge is 0.231 e. The fourth-order valence-corrected chi connectivity index (χ4v) is 4.60. The van der Waals surface area contributed by atoms with E-state index in [-0.39, 0.29) is 12.5 Å². The minimum Gasteiger partial charge on any atom is -0.454 e. The molecule has 0 amide bonds. The molecule has 2 heterocycles. The van der Waals surface area contributed by atoms with Crippen LogP contribution in [0.4, 0.5) is 5.69 Å². The molecular formula is C19H22N2O4S. The van der Waals surface area contributed by atoms with Gasteiger partial charge in [0.05, 0.1) is 10.6 Å². The first kappa shape index (κ1) is 17.2. The molecular weight excluding hydrogens is 352 g/mol. The zero-order valence-electron chi connectivity index (χ0n) is 14.5. The number of rotatable bonds is 5. The summed E-state index contributed by atoms with van der Waals surface area (Å²) in [6, 6.07) is 15.1. The number of fused-ring (bicyclic) bond motifs is 1. The molecule has 0 bridgehead atoms. The molecule has 2 aromatic carbocycles. The molecule has 26 heavy (non-hydrogen) atoms. The first-order chi connectivity index (χ1) is 12.6. The lowest BCUT2D eigenvalue weighted by Gasteiger charge is -2.36. The Hall–Kier alpha value is -2.25. The van der Waals surface area contributed by atoms with Crippen LogP contribution in [0.25, 0.3) is 0 Å². The van der Waals surface area contributed by atoms with Crippen LogP contribution in [0.15, 0.2) is 53.4 Å². The average Bonchev–Trinajstić information content (AvgIpc) is 3.15. The van der Waals surface area contributed by atoms with Gasteiger partial charge in [-0.3, -0.25) is 4.90 Å². The second kappa shape index (κ2) is 7.17. The molecule has 0 aliphatic carbocycles. The lowest BCUT2D eigenvalue weighted by atomic mass is 10.2. The van der Waals surface area contributed by atoms with Gasteiger partial charge in [-0.2, -0.15) is 0 Å². The molecule has 0 N–H and O–H groups in total. The Morgan fingerprint density at radius 2 is 1.62 bits per heavy atom. The summed E-state index contributed by atoms with van der Waals surface area (Å²) in [5, 5.41) is 0. The van der Waals surface area contributed by atoms with Crippen molar-refractivity contribution in [2.75, 3.05) is 50.2 Å². The third kappa shape index (κ3) is 3.64. The molecule has 0 saturated carbocycles. The molecule has 0 spiro atoms. The maximum atomic E-state index is 12.6. The van der Waals surface area contributed by atoms with E-state index in [0.717, 1.165) is 26.2 Å². The summed E-state index contributed by atoms with van der Waals surface area (Å²) < 4.78 is 35.8. The van der Waals surface area contributed by atoms with E-state index in [1.165, 1.54) is 5.69 Å². The van der Waals surface area contributed by atoms with Crippen molar-refractivity contribution in [2.45, 2.75) is 4.90 Å². The molecule has 7 heteroatoms. The highest BCUT2D eigenvalue weighted by Gasteiger charge is 2.23. The first-order valence-electron chi connectivity index (χ1n) is 8.77. The maximum Gasteiger partial charge on any atom is 0.231 e. The van der Waals surface area contributed by atoms with Gasteiger partial charge in [0.2, 0.25) is 6.79 Å². The van der Waals surface area contributed by atoms with Gasteiger partial charge in [-0.1, -0.05) is 18.2 Å². The minimum absolute atomic E-state index is 0.109. The Labute approximate surface area is 153 Å². The van der Waals surface area contributed by atoms with Crippen molar-refractivity contribution in [3.05, 3.63) is 48.5 Å². The quantitative estimate of drug-likeness (QED) is 0.798. The Kier molecular flexibility index (Phi) is 4.74. The number of sulfone groups is 1. The maximum absolute atomic E-state index is 12.6. The minimum atomic E-state index is -3.34. The van der Waals surface area contributed by atoms with Crippen molar-refractivity contribution in [2.24, 2.45) is 0 Å². The topological polar surface area (TPSA) is 59.1 Å². The van der Waals surface area contributed by atoms with Crippen molar-refractivity contribution >= 4 is 15.5 Å². The Morgan fingerprint density at radius 3 is 2.38 bits per heavy atom. The van der Waals surface area contributed by atoms with Gasteiger partial charge < -0.3 is 14.4 Å². The van der Waals surface area contributed by atoms with Crippen molar-refractivity contribution in [1.82, 2.24) is 4.90 Å². The lowest BCUT2D eigenvalue weighted by Crippen LogP contribution is -2.47. The molecule has 2 aliphatic rings. The van der Waals surface area contributed by atoms with Crippen molar-refractivity contribution in [1.29, 1.82) is 0 Å².